The molecule has 0 bridgehead atoms. The molecule has 0 aliphatic carbocycles. The van der Waals surface area contributed by atoms with Gasteiger partial charge in [-0.1, -0.05) is 42.5 Å². The Balaban J connectivity index is 2.07. The van der Waals surface area contributed by atoms with Crippen molar-refractivity contribution in [2.24, 2.45) is 0 Å². The molecule has 0 spiro atoms. The van der Waals surface area contributed by atoms with Crippen molar-refractivity contribution in [2.75, 3.05) is 0 Å². The first-order valence-corrected chi connectivity index (χ1v) is 8.39. The molecule has 0 amide bonds. The predicted octanol–water partition coefficient (Wildman–Crippen LogP) is 6.17. The molecule has 0 saturated heterocycles. The molecule has 0 atom stereocenters. The number of carbonyl (C=O) groups is 1. The van der Waals surface area contributed by atoms with E-state index >= 15 is 0 Å². The first kappa shape index (κ1) is 12.8. The van der Waals surface area contributed by atoms with Gasteiger partial charge in [-0.2, -0.15) is 0 Å². The van der Waals surface area contributed by atoms with Crippen molar-refractivity contribution in [3.8, 4) is 0 Å². The lowest BCUT2D eigenvalue weighted by atomic mass is 9.96. The van der Waals surface area contributed by atoms with Crippen molar-refractivity contribution < 1.29 is 4.79 Å². The molecule has 0 N–H and O–H groups in total. The SMILES string of the molecule is O=Cc1cc2ccccc2c2cc3sc4ccccc4c3cc12. The third-order valence-corrected chi connectivity index (χ3v) is 5.65. The van der Waals surface area contributed by atoms with Crippen LogP contribution in [-0.2, 0) is 0 Å². The molecular formula is C21H12OS. The van der Waals surface area contributed by atoms with E-state index in [1.165, 1.54) is 25.6 Å². The van der Waals surface area contributed by atoms with Crippen LogP contribution < -0.4 is 0 Å². The van der Waals surface area contributed by atoms with Crippen LogP contribution in [0.15, 0.2) is 66.7 Å². The number of fused-ring (bicyclic) bond motifs is 6. The first-order chi connectivity index (χ1) is 11.3. The Kier molecular flexibility index (Phi) is 2.58. The van der Waals surface area contributed by atoms with Crippen molar-refractivity contribution in [1.82, 2.24) is 0 Å². The summed E-state index contributed by atoms with van der Waals surface area (Å²) in [5, 5.41) is 7.00. The topological polar surface area (TPSA) is 17.1 Å². The minimum absolute atomic E-state index is 0.760. The Bertz CT molecular complexity index is 1230. The van der Waals surface area contributed by atoms with Crippen molar-refractivity contribution >= 4 is 59.3 Å². The average Bonchev–Trinajstić information content (AvgIpc) is 2.97. The minimum Gasteiger partial charge on any atom is -0.298 e. The second-order valence-electron chi connectivity index (χ2n) is 5.80. The van der Waals surface area contributed by atoms with Gasteiger partial charge < -0.3 is 0 Å². The van der Waals surface area contributed by atoms with E-state index in [2.05, 4.69) is 54.6 Å². The summed E-state index contributed by atoms with van der Waals surface area (Å²) in [4.78, 5) is 11.6. The standard InChI is InChI=1S/C21H12OS/c22-12-14-9-13-5-1-2-6-15(13)18-11-21-19(10-17(14)18)16-7-3-4-8-20(16)23-21/h1-12H. The lowest BCUT2D eigenvalue weighted by Gasteiger charge is -2.07. The van der Waals surface area contributed by atoms with Gasteiger partial charge >= 0.3 is 0 Å². The number of aldehydes is 1. The van der Waals surface area contributed by atoms with Crippen molar-refractivity contribution in [1.29, 1.82) is 0 Å². The van der Waals surface area contributed by atoms with E-state index in [0.29, 0.717) is 0 Å². The van der Waals surface area contributed by atoms with Gasteiger partial charge in [-0.15, -0.1) is 11.3 Å². The Morgan fingerprint density at radius 1 is 0.652 bits per heavy atom. The van der Waals surface area contributed by atoms with Crippen LogP contribution in [0.2, 0.25) is 0 Å². The van der Waals surface area contributed by atoms with Gasteiger partial charge in [0.1, 0.15) is 0 Å². The smallest absolute Gasteiger partial charge is 0.150 e. The van der Waals surface area contributed by atoms with Crippen molar-refractivity contribution in [2.45, 2.75) is 0 Å². The van der Waals surface area contributed by atoms with Gasteiger partial charge in [-0.05, 0) is 45.8 Å². The molecule has 2 heteroatoms. The number of hydrogen-bond donors (Lipinski definition) is 0. The van der Waals surface area contributed by atoms with Gasteiger partial charge in [0.25, 0.3) is 0 Å². The predicted molar refractivity (Wildman–Crippen MR) is 99.7 cm³/mol. The quantitative estimate of drug-likeness (QED) is 0.267. The van der Waals surface area contributed by atoms with Gasteiger partial charge in [0, 0.05) is 25.7 Å². The van der Waals surface area contributed by atoms with Gasteiger partial charge in [-0.3, -0.25) is 4.79 Å². The largest absolute Gasteiger partial charge is 0.298 e. The van der Waals surface area contributed by atoms with Crippen LogP contribution in [0.5, 0.6) is 0 Å². The van der Waals surface area contributed by atoms with Crippen LogP contribution in [-0.4, -0.2) is 6.29 Å². The molecule has 0 unspecified atom stereocenters. The average molecular weight is 312 g/mol. The monoisotopic (exact) mass is 312 g/mol. The number of carbonyl (C=O) groups excluding carboxylic acids is 1. The molecule has 1 nitrogen and oxygen atoms in total. The maximum absolute atomic E-state index is 11.6. The summed E-state index contributed by atoms with van der Waals surface area (Å²) >= 11 is 1.81. The van der Waals surface area contributed by atoms with Gasteiger partial charge in [0.15, 0.2) is 6.29 Å². The zero-order valence-corrected chi connectivity index (χ0v) is 13.1. The highest BCUT2D eigenvalue weighted by Gasteiger charge is 2.11. The number of benzene rings is 4. The summed E-state index contributed by atoms with van der Waals surface area (Å²) in [6.45, 7) is 0. The molecule has 0 aliphatic rings. The van der Waals surface area contributed by atoms with Gasteiger partial charge in [0.05, 0.1) is 0 Å². The molecule has 108 valence electrons. The molecule has 0 saturated carbocycles. The molecule has 0 aliphatic heterocycles. The lowest BCUT2D eigenvalue weighted by Crippen LogP contribution is -1.86. The summed E-state index contributed by atoms with van der Waals surface area (Å²) in [7, 11) is 0. The summed E-state index contributed by atoms with van der Waals surface area (Å²) in [5.74, 6) is 0. The summed E-state index contributed by atoms with van der Waals surface area (Å²) < 4.78 is 2.56. The van der Waals surface area contributed by atoms with E-state index in [9.17, 15) is 4.79 Å². The number of hydrogen-bond acceptors (Lipinski definition) is 2. The van der Waals surface area contributed by atoms with Crippen LogP contribution in [0, 0.1) is 0 Å². The Hall–Kier alpha value is -2.71. The van der Waals surface area contributed by atoms with E-state index in [1.54, 1.807) is 0 Å². The highest BCUT2D eigenvalue weighted by Crippen LogP contribution is 2.39. The minimum atomic E-state index is 0.760. The van der Waals surface area contributed by atoms with Gasteiger partial charge in [-0.25, -0.2) is 0 Å². The Morgan fingerprint density at radius 2 is 1.43 bits per heavy atom. The summed E-state index contributed by atoms with van der Waals surface area (Å²) in [6.07, 6.45) is 0.967. The first-order valence-electron chi connectivity index (χ1n) is 7.57. The maximum atomic E-state index is 11.6. The fraction of sp³-hybridized carbons (Fsp3) is 0. The number of thiophene rings is 1. The Morgan fingerprint density at radius 3 is 2.30 bits per heavy atom. The molecule has 0 fully saturated rings. The normalized spacial score (nSPS) is 11.7. The van der Waals surface area contributed by atoms with E-state index in [1.807, 2.05) is 23.5 Å². The zero-order valence-electron chi connectivity index (χ0n) is 12.2. The molecule has 0 radical (unpaired) electrons. The second kappa shape index (κ2) is 4.64. The zero-order chi connectivity index (χ0) is 15.4. The molecular weight excluding hydrogens is 300 g/mol. The van der Waals surface area contributed by atoms with Crippen LogP contribution in [0.1, 0.15) is 10.4 Å². The fourth-order valence-electron chi connectivity index (χ4n) is 3.44. The van der Waals surface area contributed by atoms with Crippen LogP contribution in [0.4, 0.5) is 0 Å². The van der Waals surface area contributed by atoms with Crippen molar-refractivity contribution in [3.63, 3.8) is 0 Å². The molecule has 1 aromatic heterocycles. The fourth-order valence-corrected chi connectivity index (χ4v) is 4.57. The van der Waals surface area contributed by atoms with Crippen LogP contribution in [0.25, 0.3) is 41.7 Å². The highest BCUT2D eigenvalue weighted by atomic mass is 32.1. The molecule has 23 heavy (non-hydrogen) atoms. The van der Waals surface area contributed by atoms with E-state index in [-0.39, 0.29) is 0 Å². The van der Waals surface area contributed by atoms with Crippen LogP contribution >= 0.6 is 11.3 Å². The third kappa shape index (κ3) is 1.76. The van der Waals surface area contributed by atoms with E-state index in [4.69, 9.17) is 0 Å². The second-order valence-corrected chi connectivity index (χ2v) is 6.88. The maximum Gasteiger partial charge on any atom is 0.150 e. The number of rotatable bonds is 1. The summed E-state index contributed by atoms with van der Waals surface area (Å²) in [6, 6.07) is 23.1. The van der Waals surface area contributed by atoms with Crippen molar-refractivity contribution in [3.05, 3.63) is 72.3 Å². The molecule has 1 heterocycles. The van der Waals surface area contributed by atoms with E-state index < -0.39 is 0 Å². The highest BCUT2D eigenvalue weighted by molar-refractivity contribution is 7.25. The molecule has 5 rings (SSSR count). The van der Waals surface area contributed by atoms with Gasteiger partial charge in [0.2, 0.25) is 0 Å². The van der Waals surface area contributed by atoms with Crippen LogP contribution in [0.3, 0.4) is 0 Å². The Labute approximate surface area is 136 Å². The third-order valence-electron chi connectivity index (χ3n) is 4.52. The van der Waals surface area contributed by atoms with E-state index in [0.717, 1.165) is 28.0 Å². The summed E-state index contributed by atoms with van der Waals surface area (Å²) in [5.41, 5.74) is 0.760. The molecule has 4 aromatic carbocycles. The molecule has 5 aromatic rings. The lowest BCUT2D eigenvalue weighted by molar-refractivity contribution is 0.112.